The lowest BCUT2D eigenvalue weighted by Gasteiger charge is -2.14. The van der Waals surface area contributed by atoms with E-state index in [2.05, 4.69) is 34.1 Å². The number of nitrogen functional groups attached to an aromatic ring is 1. The van der Waals surface area contributed by atoms with Crippen molar-refractivity contribution in [2.45, 2.75) is 19.4 Å². The highest BCUT2D eigenvalue weighted by Gasteiger charge is 2.07. The number of pyridine rings is 1. The van der Waals surface area contributed by atoms with E-state index in [1.807, 2.05) is 6.07 Å². The van der Waals surface area contributed by atoms with Gasteiger partial charge in [0, 0.05) is 6.04 Å². The van der Waals surface area contributed by atoms with Crippen molar-refractivity contribution in [3.8, 4) is 5.88 Å². The summed E-state index contributed by atoms with van der Waals surface area (Å²) in [5.41, 5.74) is 7.61. The topological polar surface area (TPSA) is 60.2 Å². The molecule has 2 heterocycles. The average molecular weight is 263 g/mol. The van der Waals surface area contributed by atoms with E-state index in [1.165, 1.54) is 5.56 Å². The molecule has 4 nitrogen and oxygen atoms in total. The zero-order valence-electron chi connectivity index (χ0n) is 10.5. The molecule has 0 bridgehead atoms. The summed E-state index contributed by atoms with van der Waals surface area (Å²) in [6.45, 7) is 2.13. The molecule has 0 radical (unpaired) electrons. The number of aromatic nitrogens is 1. The van der Waals surface area contributed by atoms with Gasteiger partial charge in [0.2, 0.25) is 5.88 Å². The third kappa shape index (κ3) is 3.13. The van der Waals surface area contributed by atoms with Gasteiger partial charge < -0.3 is 15.8 Å². The van der Waals surface area contributed by atoms with E-state index in [9.17, 15) is 0 Å². The van der Waals surface area contributed by atoms with Crippen LogP contribution in [0, 0.1) is 0 Å². The van der Waals surface area contributed by atoms with Gasteiger partial charge in [0.25, 0.3) is 0 Å². The molecular formula is C13H17N3OS. The molecule has 0 spiro atoms. The smallest absolute Gasteiger partial charge is 0.238 e. The number of anilines is 2. The molecular weight excluding hydrogens is 246 g/mol. The van der Waals surface area contributed by atoms with E-state index in [1.54, 1.807) is 24.5 Å². The highest BCUT2D eigenvalue weighted by Crippen LogP contribution is 2.21. The van der Waals surface area contributed by atoms with Crippen molar-refractivity contribution in [1.29, 1.82) is 0 Å². The molecule has 2 aromatic heterocycles. The van der Waals surface area contributed by atoms with Gasteiger partial charge in [-0.05, 0) is 47.9 Å². The summed E-state index contributed by atoms with van der Waals surface area (Å²) in [4.78, 5) is 4.30. The van der Waals surface area contributed by atoms with Gasteiger partial charge in [0.15, 0.2) is 0 Å². The molecule has 18 heavy (non-hydrogen) atoms. The molecule has 0 fully saturated rings. The first kappa shape index (κ1) is 12.7. The van der Waals surface area contributed by atoms with Gasteiger partial charge in [0.05, 0.1) is 12.8 Å². The Morgan fingerprint density at radius 2 is 2.28 bits per heavy atom. The molecule has 96 valence electrons. The number of rotatable bonds is 5. The Kier molecular flexibility index (Phi) is 4.04. The molecule has 0 amide bonds. The van der Waals surface area contributed by atoms with Gasteiger partial charge in [0.1, 0.15) is 5.82 Å². The lowest BCUT2D eigenvalue weighted by atomic mass is 10.1. The summed E-state index contributed by atoms with van der Waals surface area (Å²) in [6.07, 6.45) is 0.970. The Morgan fingerprint density at radius 3 is 2.94 bits per heavy atom. The Balaban J connectivity index is 2.00. The van der Waals surface area contributed by atoms with E-state index < -0.39 is 0 Å². The predicted molar refractivity (Wildman–Crippen MR) is 76.3 cm³/mol. The summed E-state index contributed by atoms with van der Waals surface area (Å²) in [7, 11) is 1.57. The van der Waals surface area contributed by atoms with Crippen LogP contribution in [0.3, 0.4) is 0 Å². The molecule has 0 saturated heterocycles. The fourth-order valence-corrected chi connectivity index (χ4v) is 2.44. The molecule has 1 unspecified atom stereocenters. The molecule has 0 aromatic carbocycles. The van der Waals surface area contributed by atoms with Crippen LogP contribution < -0.4 is 15.8 Å². The molecule has 0 aliphatic heterocycles. The third-order valence-corrected chi connectivity index (χ3v) is 3.33. The number of hydrogen-bond acceptors (Lipinski definition) is 5. The fourth-order valence-electron chi connectivity index (χ4n) is 1.76. The number of thiophene rings is 1. The van der Waals surface area contributed by atoms with E-state index in [0.29, 0.717) is 17.6 Å². The van der Waals surface area contributed by atoms with Gasteiger partial charge >= 0.3 is 0 Å². The molecule has 0 aliphatic carbocycles. The van der Waals surface area contributed by atoms with E-state index in [0.717, 1.165) is 12.2 Å². The van der Waals surface area contributed by atoms with Crippen LogP contribution in [-0.4, -0.2) is 18.1 Å². The summed E-state index contributed by atoms with van der Waals surface area (Å²) < 4.78 is 5.10. The monoisotopic (exact) mass is 263 g/mol. The van der Waals surface area contributed by atoms with Crippen LogP contribution in [0.15, 0.2) is 29.0 Å². The predicted octanol–water partition coefficient (Wildman–Crippen LogP) is 2.78. The molecule has 1 atom stereocenters. The second-order valence-electron chi connectivity index (χ2n) is 4.18. The number of nitrogens with zero attached hydrogens (tertiary/aromatic N) is 1. The van der Waals surface area contributed by atoms with Crippen LogP contribution in [0.5, 0.6) is 5.88 Å². The van der Waals surface area contributed by atoms with Gasteiger partial charge in [-0.25, -0.2) is 0 Å². The summed E-state index contributed by atoms with van der Waals surface area (Å²) in [5.74, 6) is 1.24. The van der Waals surface area contributed by atoms with Gasteiger partial charge in [-0.2, -0.15) is 16.3 Å². The van der Waals surface area contributed by atoms with Crippen molar-refractivity contribution < 1.29 is 4.74 Å². The molecule has 2 aromatic rings. The summed E-state index contributed by atoms with van der Waals surface area (Å²) in [6, 6.07) is 6.10. The quantitative estimate of drug-likeness (QED) is 0.871. The summed E-state index contributed by atoms with van der Waals surface area (Å²) in [5, 5.41) is 7.59. The number of nitrogens with one attached hydrogen (secondary N) is 1. The molecule has 5 heteroatoms. The maximum absolute atomic E-state index is 5.73. The normalized spacial score (nSPS) is 12.1. The molecule has 0 saturated carbocycles. The van der Waals surface area contributed by atoms with Crippen LogP contribution >= 0.6 is 11.3 Å². The average Bonchev–Trinajstić information content (AvgIpc) is 2.84. The molecule has 0 aliphatic rings. The van der Waals surface area contributed by atoms with Crippen molar-refractivity contribution in [1.82, 2.24) is 4.98 Å². The maximum Gasteiger partial charge on any atom is 0.238 e. The third-order valence-electron chi connectivity index (χ3n) is 2.60. The minimum atomic E-state index is 0.306. The number of ether oxygens (including phenoxy) is 1. The Bertz CT molecular complexity index is 499. The number of hydrogen-bond donors (Lipinski definition) is 2. The first-order chi connectivity index (χ1) is 8.69. The van der Waals surface area contributed by atoms with Crippen LogP contribution in [0.1, 0.15) is 12.5 Å². The van der Waals surface area contributed by atoms with E-state index in [4.69, 9.17) is 10.5 Å². The summed E-state index contributed by atoms with van der Waals surface area (Å²) >= 11 is 1.72. The standard InChI is InChI=1S/C13H17N3OS/c1-9(7-10-5-6-18-8-10)15-12-4-3-11(14)13(16-12)17-2/h3-6,8-9H,7,14H2,1-2H3,(H,15,16). The van der Waals surface area contributed by atoms with Gasteiger partial charge in [-0.3, -0.25) is 0 Å². The molecule has 2 rings (SSSR count). The van der Waals surface area contributed by atoms with Crippen LogP contribution in [0.4, 0.5) is 11.5 Å². The Labute approximate surface area is 111 Å². The highest BCUT2D eigenvalue weighted by atomic mass is 32.1. The zero-order chi connectivity index (χ0) is 13.0. The molecule has 3 N–H and O–H groups in total. The Morgan fingerprint density at radius 1 is 1.44 bits per heavy atom. The number of methoxy groups -OCH3 is 1. The Hall–Kier alpha value is -1.75. The van der Waals surface area contributed by atoms with Crippen LogP contribution in [0.2, 0.25) is 0 Å². The highest BCUT2D eigenvalue weighted by molar-refractivity contribution is 7.07. The first-order valence-corrected chi connectivity index (χ1v) is 6.71. The first-order valence-electron chi connectivity index (χ1n) is 5.77. The van der Waals surface area contributed by atoms with Crippen molar-refractivity contribution in [2.24, 2.45) is 0 Å². The van der Waals surface area contributed by atoms with Crippen LogP contribution in [-0.2, 0) is 6.42 Å². The largest absolute Gasteiger partial charge is 0.479 e. The number of nitrogens with two attached hydrogens (primary N) is 1. The van der Waals surface area contributed by atoms with Crippen LogP contribution in [0.25, 0.3) is 0 Å². The second kappa shape index (κ2) is 5.73. The van der Waals surface area contributed by atoms with Crippen molar-refractivity contribution in [3.05, 3.63) is 34.5 Å². The van der Waals surface area contributed by atoms with Crippen molar-refractivity contribution >= 4 is 22.8 Å². The van der Waals surface area contributed by atoms with Crippen molar-refractivity contribution in [3.63, 3.8) is 0 Å². The van der Waals surface area contributed by atoms with E-state index in [-0.39, 0.29) is 0 Å². The van der Waals surface area contributed by atoms with Gasteiger partial charge in [-0.15, -0.1) is 0 Å². The zero-order valence-corrected chi connectivity index (χ0v) is 11.3. The minimum absolute atomic E-state index is 0.306. The lowest BCUT2D eigenvalue weighted by Crippen LogP contribution is -2.18. The lowest BCUT2D eigenvalue weighted by molar-refractivity contribution is 0.400. The SMILES string of the molecule is COc1nc(NC(C)Cc2ccsc2)ccc1N. The second-order valence-corrected chi connectivity index (χ2v) is 4.96. The van der Waals surface area contributed by atoms with E-state index >= 15 is 0 Å². The minimum Gasteiger partial charge on any atom is -0.479 e. The fraction of sp³-hybridized carbons (Fsp3) is 0.308. The maximum atomic E-state index is 5.73. The van der Waals surface area contributed by atoms with Gasteiger partial charge in [-0.1, -0.05) is 0 Å². The van der Waals surface area contributed by atoms with Crippen molar-refractivity contribution in [2.75, 3.05) is 18.2 Å².